The van der Waals surface area contributed by atoms with E-state index in [0.717, 1.165) is 18.2 Å². The Hall–Kier alpha value is -2.19. The Bertz CT molecular complexity index is 582. The van der Waals surface area contributed by atoms with Crippen LogP contribution in [0.3, 0.4) is 0 Å². The number of likely N-dealkylation sites (tertiary alicyclic amines) is 1. The van der Waals surface area contributed by atoms with Crippen LogP contribution in [0.2, 0.25) is 0 Å². The van der Waals surface area contributed by atoms with Crippen LogP contribution in [-0.4, -0.2) is 42.0 Å². The molecular weight excluding hydrogens is 311 g/mol. The van der Waals surface area contributed by atoms with Gasteiger partial charge in [-0.1, -0.05) is 6.07 Å². The van der Waals surface area contributed by atoms with Crippen LogP contribution in [0.1, 0.15) is 16.8 Å². The maximum atomic E-state index is 13.4. The molecule has 2 amide bonds. The van der Waals surface area contributed by atoms with Crippen molar-refractivity contribution in [2.75, 3.05) is 13.1 Å². The number of amides is 2. The average Bonchev–Trinajstić information content (AvgIpc) is 2.69. The summed E-state index contributed by atoms with van der Waals surface area (Å²) in [6.45, 7) is -1.62. The molecule has 1 aliphatic heterocycles. The number of benzene rings is 1. The van der Waals surface area contributed by atoms with E-state index >= 15 is 0 Å². The van der Waals surface area contributed by atoms with Crippen molar-refractivity contribution < 1.29 is 31.5 Å². The molecule has 1 aromatic rings. The topological polar surface area (TPSA) is 49.4 Å². The zero-order valence-corrected chi connectivity index (χ0v) is 11.1. The molecule has 4 nitrogen and oxygen atoms in total. The Morgan fingerprint density at radius 3 is 2.41 bits per heavy atom. The van der Waals surface area contributed by atoms with Crippen LogP contribution in [0.4, 0.5) is 22.0 Å². The highest BCUT2D eigenvalue weighted by atomic mass is 19.4. The molecular formula is C13H11F5N2O2. The minimum Gasteiger partial charge on any atom is -0.340 e. The van der Waals surface area contributed by atoms with Gasteiger partial charge in [0.05, 0.1) is 0 Å². The Balaban J connectivity index is 2.06. The summed E-state index contributed by atoms with van der Waals surface area (Å²) in [6.07, 6.45) is -4.61. The van der Waals surface area contributed by atoms with Crippen molar-refractivity contribution in [2.24, 2.45) is 0 Å². The molecule has 0 bridgehead atoms. The summed E-state index contributed by atoms with van der Waals surface area (Å²) in [4.78, 5) is 24.1. The Labute approximate surface area is 121 Å². The van der Waals surface area contributed by atoms with E-state index in [2.05, 4.69) is 5.32 Å². The van der Waals surface area contributed by atoms with Crippen molar-refractivity contribution in [3.63, 3.8) is 0 Å². The Morgan fingerprint density at radius 1 is 1.27 bits per heavy atom. The van der Waals surface area contributed by atoms with Gasteiger partial charge in [-0.05, 0) is 18.6 Å². The fraction of sp³-hybridized carbons (Fsp3) is 0.385. The Kier molecular flexibility index (Phi) is 4.34. The van der Waals surface area contributed by atoms with Crippen molar-refractivity contribution >= 4 is 11.8 Å². The van der Waals surface area contributed by atoms with Crippen LogP contribution < -0.4 is 5.32 Å². The van der Waals surface area contributed by atoms with E-state index in [1.807, 2.05) is 0 Å². The first-order valence-corrected chi connectivity index (χ1v) is 6.29. The molecule has 1 atom stereocenters. The lowest BCUT2D eigenvalue weighted by Crippen LogP contribution is -2.44. The first kappa shape index (κ1) is 16.2. The van der Waals surface area contributed by atoms with E-state index in [1.54, 1.807) is 0 Å². The molecule has 9 heteroatoms. The first-order valence-electron chi connectivity index (χ1n) is 6.29. The second kappa shape index (κ2) is 5.90. The molecule has 1 heterocycles. The molecule has 0 saturated carbocycles. The molecule has 0 aromatic heterocycles. The molecule has 0 unspecified atom stereocenters. The normalized spacial score (nSPS) is 18.7. The lowest BCUT2D eigenvalue weighted by molar-refractivity contribution is -0.157. The van der Waals surface area contributed by atoms with Gasteiger partial charge in [0.2, 0.25) is 5.91 Å². The number of hydrogen-bond donors (Lipinski definition) is 1. The minimum absolute atomic E-state index is 0.0588. The predicted octanol–water partition coefficient (Wildman–Crippen LogP) is 1.86. The molecule has 0 aliphatic carbocycles. The first-order chi connectivity index (χ1) is 10.2. The number of nitrogens with one attached hydrogen (secondary N) is 1. The summed E-state index contributed by atoms with van der Waals surface area (Å²) in [5.41, 5.74) is -0.871. The van der Waals surface area contributed by atoms with Gasteiger partial charge in [-0.25, -0.2) is 8.78 Å². The second-order valence-corrected chi connectivity index (χ2v) is 4.79. The highest BCUT2D eigenvalue weighted by Crippen LogP contribution is 2.21. The molecule has 1 N–H and O–H groups in total. The van der Waals surface area contributed by atoms with Crippen LogP contribution in [0, 0.1) is 11.6 Å². The van der Waals surface area contributed by atoms with Crippen molar-refractivity contribution in [2.45, 2.75) is 18.6 Å². The number of rotatable bonds is 3. The highest BCUT2D eigenvalue weighted by Gasteiger charge is 2.40. The maximum absolute atomic E-state index is 13.4. The average molecular weight is 322 g/mol. The van der Waals surface area contributed by atoms with Gasteiger partial charge in [0.15, 0.2) is 0 Å². The van der Waals surface area contributed by atoms with Crippen LogP contribution >= 0.6 is 0 Å². The van der Waals surface area contributed by atoms with Crippen molar-refractivity contribution in [1.29, 1.82) is 0 Å². The van der Waals surface area contributed by atoms with Crippen LogP contribution in [0.15, 0.2) is 18.2 Å². The predicted molar refractivity (Wildman–Crippen MR) is 64.9 cm³/mol. The van der Waals surface area contributed by atoms with E-state index < -0.39 is 47.8 Å². The SMILES string of the molecule is O=C(N[C@@H]1CCN(CC(F)(F)F)C1=O)c1c(F)cccc1F. The lowest BCUT2D eigenvalue weighted by Gasteiger charge is -2.18. The minimum atomic E-state index is -4.55. The number of nitrogens with zero attached hydrogens (tertiary/aromatic N) is 1. The highest BCUT2D eigenvalue weighted by molar-refractivity contribution is 5.98. The third-order valence-electron chi connectivity index (χ3n) is 3.16. The van der Waals surface area contributed by atoms with Gasteiger partial charge >= 0.3 is 6.18 Å². The monoisotopic (exact) mass is 322 g/mol. The summed E-state index contributed by atoms with van der Waals surface area (Å²) in [6, 6.07) is 1.57. The van der Waals surface area contributed by atoms with Gasteiger partial charge in [-0.2, -0.15) is 13.2 Å². The Morgan fingerprint density at radius 2 is 1.86 bits per heavy atom. The lowest BCUT2D eigenvalue weighted by atomic mass is 10.1. The van der Waals surface area contributed by atoms with Crippen molar-refractivity contribution in [3.8, 4) is 0 Å². The van der Waals surface area contributed by atoms with Crippen LogP contribution in [-0.2, 0) is 4.79 Å². The van der Waals surface area contributed by atoms with Crippen molar-refractivity contribution in [1.82, 2.24) is 10.2 Å². The summed E-state index contributed by atoms with van der Waals surface area (Å²) in [5, 5.41) is 2.06. The van der Waals surface area contributed by atoms with E-state index in [0.29, 0.717) is 4.90 Å². The fourth-order valence-electron chi connectivity index (χ4n) is 2.19. The third kappa shape index (κ3) is 3.52. The van der Waals surface area contributed by atoms with Gasteiger partial charge < -0.3 is 10.2 Å². The summed E-state index contributed by atoms with van der Waals surface area (Å²) < 4.78 is 63.6. The molecule has 2 rings (SSSR count). The van der Waals surface area contributed by atoms with Crippen molar-refractivity contribution in [3.05, 3.63) is 35.4 Å². The van der Waals surface area contributed by atoms with E-state index in [4.69, 9.17) is 0 Å². The van der Waals surface area contributed by atoms with Gasteiger partial charge in [0, 0.05) is 6.54 Å². The molecule has 1 fully saturated rings. The fourth-order valence-corrected chi connectivity index (χ4v) is 2.19. The number of carbonyl (C=O) groups excluding carboxylic acids is 2. The smallest absolute Gasteiger partial charge is 0.340 e. The number of hydrogen-bond acceptors (Lipinski definition) is 2. The summed E-state index contributed by atoms with van der Waals surface area (Å²) in [5.74, 6) is -4.34. The van der Waals surface area contributed by atoms with E-state index in [-0.39, 0.29) is 13.0 Å². The standard InChI is InChI=1S/C13H11F5N2O2/c14-7-2-1-3-8(15)10(7)11(21)19-9-4-5-20(12(9)22)6-13(16,17)18/h1-3,9H,4-6H2,(H,19,21)/t9-/m1/s1. The van der Waals surface area contributed by atoms with Crippen LogP contribution in [0.25, 0.3) is 0 Å². The molecule has 0 radical (unpaired) electrons. The van der Waals surface area contributed by atoms with E-state index in [1.165, 1.54) is 0 Å². The molecule has 120 valence electrons. The van der Waals surface area contributed by atoms with Crippen LogP contribution in [0.5, 0.6) is 0 Å². The molecule has 22 heavy (non-hydrogen) atoms. The zero-order valence-electron chi connectivity index (χ0n) is 11.1. The largest absolute Gasteiger partial charge is 0.406 e. The molecule has 1 aromatic carbocycles. The molecule has 1 saturated heterocycles. The number of carbonyl (C=O) groups is 2. The zero-order chi connectivity index (χ0) is 16.5. The quantitative estimate of drug-likeness (QED) is 0.864. The maximum Gasteiger partial charge on any atom is 0.406 e. The third-order valence-corrected chi connectivity index (χ3v) is 3.16. The summed E-state index contributed by atoms with van der Waals surface area (Å²) >= 11 is 0. The number of alkyl halides is 3. The van der Waals surface area contributed by atoms with E-state index in [9.17, 15) is 31.5 Å². The number of halogens is 5. The van der Waals surface area contributed by atoms with Gasteiger partial charge in [0.25, 0.3) is 5.91 Å². The molecule has 1 aliphatic rings. The van der Waals surface area contributed by atoms with Gasteiger partial charge in [-0.15, -0.1) is 0 Å². The van der Waals surface area contributed by atoms with Gasteiger partial charge in [0.1, 0.15) is 29.8 Å². The summed E-state index contributed by atoms with van der Waals surface area (Å²) in [7, 11) is 0. The van der Waals surface area contributed by atoms with Gasteiger partial charge in [-0.3, -0.25) is 9.59 Å². The molecule has 0 spiro atoms. The second-order valence-electron chi connectivity index (χ2n) is 4.79.